The molecule has 5 nitrogen and oxygen atoms in total. The number of nitrogens with zero attached hydrogens (tertiary/aromatic N) is 3. The van der Waals surface area contributed by atoms with Gasteiger partial charge in [0.25, 0.3) is 5.91 Å². The topological polar surface area (TPSA) is 59.8 Å². The normalized spacial score (nSPS) is 10.7. The highest BCUT2D eigenvalue weighted by Crippen LogP contribution is 2.24. The molecule has 0 saturated carbocycles. The van der Waals surface area contributed by atoms with E-state index in [2.05, 4.69) is 31.3 Å². The van der Waals surface area contributed by atoms with E-state index in [9.17, 15) is 4.79 Å². The van der Waals surface area contributed by atoms with Gasteiger partial charge in [-0.25, -0.2) is 4.98 Å². The molecule has 96 valence electrons. The van der Waals surface area contributed by atoms with E-state index in [-0.39, 0.29) is 5.91 Å². The largest absolute Gasteiger partial charge is 0.296 e. The summed E-state index contributed by atoms with van der Waals surface area (Å²) in [6.45, 7) is 5.75. The molecule has 0 aliphatic carbocycles. The lowest BCUT2D eigenvalue weighted by molar-refractivity contribution is 0.101. The van der Waals surface area contributed by atoms with Crippen molar-refractivity contribution in [2.24, 2.45) is 7.05 Å². The molecule has 1 amide bonds. The molecule has 2 heterocycles. The SMILES string of the molecule is Cc1nc(NC(=O)c2c(Br)c(C)nn2C)sc1C. The maximum Gasteiger partial charge on any atom is 0.276 e. The zero-order valence-electron chi connectivity index (χ0n) is 10.5. The Kier molecular flexibility index (Phi) is 3.54. The summed E-state index contributed by atoms with van der Waals surface area (Å²) in [4.78, 5) is 17.5. The number of thiazole rings is 1. The van der Waals surface area contributed by atoms with Gasteiger partial charge in [-0.05, 0) is 36.7 Å². The van der Waals surface area contributed by atoms with Crippen molar-refractivity contribution < 1.29 is 4.79 Å². The Hall–Kier alpha value is -1.21. The fraction of sp³-hybridized carbons (Fsp3) is 0.364. The molecule has 0 fully saturated rings. The molecule has 0 aromatic carbocycles. The van der Waals surface area contributed by atoms with E-state index >= 15 is 0 Å². The molecule has 2 aromatic heterocycles. The van der Waals surface area contributed by atoms with Crippen LogP contribution in [0.1, 0.15) is 26.8 Å². The summed E-state index contributed by atoms with van der Waals surface area (Å²) in [5.41, 5.74) is 2.22. The van der Waals surface area contributed by atoms with E-state index in [0.717, 1.165) is 16.3 Å². The van der Waals surface area contributed by atoms with Gasteiger partial charge in [0.1, 0.15) is 5.69 Å². The van der Waals surface area contributed by atoms with Gasteiger partial charge in [-0.1, -0.05) is 0 Å². The molecule has 2 rings (SSSR count). The Bertz CT molecular complexity index is 597. The van der Waals surface area contributed by atoms with E-state index in [1.807, 2.05) is 20.8 Å². The van der Waals surface area contributed by atoms with Crippen LogP contribution in [0.5, 0.6) is 0 Å². The predicted molar refractivity (Wildman–Crippen MR) is 75.2 cm³/mol. The number of aryl methyl sites for hydroxylation is 4. The molecule has 0 atom stereocenters. The monoisotopic (exact) mass is 328 g/mol. The molecule has 0 aliphatic heterocycles. The van der Waals surface area contributed by atoms with Crippen LogP contribution >= 0.6 is 27.3 Å². The lowest BCUT2D eigenvalue weighted by Gasteiger charge is -2.02. The van der Waals surface area contributed by atoms with Gasteiger partial charge in [-0.3, -0.25) is 14.8 Å². The lowest BCUT2D eigenvalue weighted by Crippen LogP contribution is -2.16. The highest BCUT2D eigenvalue weighted by Gasteiger charge is 2.19. The minimum absolute atomic E-state index is 0.210. The standard InChI is InChI=1S/C11H13BrN4OS/c1-5-7(3)18-11(13-5)14-10(17)9-8(12)6(2)15-16(9)4/h1-4H3,(H,13,14,17). The van der Waals surface area contributed by atoms with Crippen LogP contribution in [0.25, 0.3) is 0 Å². The highest BCUT2D eigenvalue weighted by atomic mass is 79.9. The van der Waals surface area contributed by atoms with Gasteiger partial charge in [-0.15, -0.1) is 11.3 Å². The first-order valence-corrected chi connectivity index (χ1v) is 6.95. The fourth-order valence-electron chi connectivity index (χ4n) is 1.56. The second-order valence-corrected chi connectivity index (χ2v) is 5.98. The van der Waals surface area contributed by atoms with Gasteiger partial charge in [0, 0.05) is 11.9 Å². The van der Waals surface area contributed by atoms with Crippen LogP contribution < -0.4 is 5.32 Å². The number of anilines is 1. The van der Waals surface area contributed by atoms with Crippen LogP contribution in [0.3, 0.4) is 0 Å². The van der Waals surface area contributed by atoms with Crippen molar-refractivity contribution in [3.8, 4) is 0 Å². The number of rotatable bonds is 2. The van der Waals surface area contributed by atoms with E-state index in [1.165, 1.54) is 11.3 Å². The van der Waals surface area contributed by atoms with Gasteiger partial charge in [0.05, 0.1) is 15.9 Å². The highest BCUT2D eigenvalue weighted by molar-refractivity contribution is 9.10. The first-order chi connectivity index (χ1) is 8.40. The van der Waals surface area contributed by atoms with Crippen molar-refractivity contribution in [1.29, 1.82) is 0 Å². The van der Waals surface area contributed by atoms with Crippen LogP contribution in [-0.4, -0.2) is 20.7 Å². The fourth-order valence-corrected chi connectivity index (χ4v) is 2.89. The van der Waals surface area contributed by atoms with Crippen LogP contribution in [0, 0.1) is 20.8 Å². The second-order valence-electron chi connectivity index (χ2n) is 3.99. The van der Waals surface area contributed by atoms with Crippen molar-refractivity contribution >= 4 is 38.3 Å². The van der Waals surface area contributed by atoms with Gasteiger partial charge in [0.15, 0.2) is 5.13 Å². The lowest BCUT2D eigenvalue weighted by atomic mass is 10.3. The number of hydrogen-bond donors (Lipinski definition) is 1. The number of amides is 1. The average Bonchev–Trinajstić information content (AvgIpc) is 2.69. The summed E-state index contributed by atoms with van der Waals surface area (Å²) in [7, 11) is 1.74. The number of halogens is 1. The Labute approximate surface area is 117 Å². The van der Waals surface area contributed by atoms with Crippen molar-refractivity contribution in [2.75, 3.05) is 5.32 Å². The summed E-state index contributed by atoms with van der Waals surface area (Å²) in [6.07, 6.45) is 0. The summed E-state index contributed by atoms with van der Waals surface area (Å²) >= 11 is 4.84. The Morgan fingerprint density at radius 2 is 2.00 bits per heavy atom. The van der Waals surface area contributed by atoms with Crippen molar-refractivity contribution in [3.63, 3.8) is 0 Å². The van der Waals surface area contributed by atoms with Gasteiger partial charge in [-0.2, -0.15) is 5.10 Å². The van der Waals surface area contributed by atoms with E-state index in [1.54, 1.807) is 11.7 Å². The number of nitrogens with one attached hydrogen (secondary N) is 1. The quantitative estimate of drug-likeness (QED) is 0.922. The Morgan fingerprint density at radius 3 is 2.44 bits per heavy atom. The third-order valence-electron chi connectivity index (χ3n) is 2.61. The maximum absolute atomic E-state index is 12.2. The number of aromatic nitrogens is 3. The van der Waals surface area contributed by atoms with Crippen molar-refractivity contribution in [2.45, 2.75) is 20.8 Å². The molecule has 1 N–H and O–H groups in total. The van der Waals surface area contributed by atoms with Gasteiger partial charge >= 0.3 is 0 Å². The van der Waals surface area contributed by atoms with Gasteiger partial charge in [0.2, 0.25) is 0 Å². The van der Waals surface area contributed by atoms with Gasteiger partial charge < -0.3 is 0 Å². The average molecular weight is 329 g/mol. The molecule has 2 aromatic rings. The molecule has 0 radical (unpaired) electrons. The van der Waals surface area contributed by atoms with Crippen LogP contribution in [0.4, 0.5) is 5.13 Å². The summed E-state index contributed by atoms with van der Waals surface area (Å²) in [5, 5.41) is 7.59. The molecular weight excluding hydrogens is 316 g/mol. The van der Waals surface area contributed by atoms with Crippen LogP contribution in [0.2, 0.25) is 0 Å². The summed E-state index contributed by atoms with van der Waals surface area (Å²) < 4.78 is 2.27. The summed E-state index contributed by atoms with van der Waals surface area (Å²) in [5.74, 6) is -0.210. The zero-order valence-corrected chi connectivity index (χ0v) is 12.9. The van der Waals surface area contributed by atoms with E-state index < -0.39 is 0 Å². The van der Waals surface area contributed by atoms with Crippen molar-refractivity contribution in [3.05, 3.63) is 26.4 Å². The Morgan fingerprint density at radius 1 is 1.33 bits per heavy atom. The van der Waals surface area contributed by atoms with Crippen molar-refractivity contribution in [1.82, 2.24) is 14.8 Å². The molecular formula is C11H13BrN4OS. The van der Waals surface area contributed by atoms with Crippen LogP contribution in [-0.2, 0) is 7.05 Å². The summed E-state index contributed by atoms with van der Waals surface area (Å²) in [6, 6.07) is 0. The molecule has 18 heavy (non-hydrogen) atoms. The smallest absolute Gasteiger partial charge is 0.276 e. The van der Waals surface area contributed by atoms with E-state index in [4.69, 9.17) is 0 Å². The molecule has 0 saturated heterocycles. The molecule has 0 unspecified atom stereocenters. The first-order valence-electron chi connectivity index (χ1n) is 5.34. The third-order valence-corrected chi connectivity index (χ3v) is 4.55. The van der Waals surface area contributed by atoms with E-state index in [0.29, 0.717) is 15.3 Å². The first kappa shape index (κ1) is 13.2. The number of hydrogen-bond acceptors (Lipinski definition) is 4. The minimum atomic E-state index is -0.210. The predicted octanol–water partition coefficient (Wildman–Crippen LogP) is 2.82. The minimum Gasteiger partial charge on any atom is -0.296 e. The maximum atomic E-state index is 12.2. The number of carbonyl (C=O) groups excluding carboxylic acids is 1. The van der Waals surface area contributed by atoms with Crippen LogP contribution in [0.15, 0.2) is 4.47 Å². The third kappa shape index (κ3) is 2.32. The zero-order chi connectivity index (χ0) is 13.4. The number of carbonyl (C=O) groups is 1. The molecule has 7 heteroatoms. The molecule has 0 aliphatic rings. The molecule has 0 spiro atoms. The second kappa shape index (κ2) is 4.81. The molecule has 0 bridgehead atoms. The Balaban J connectivity index is 2.27.